The minimum absolute atomic E-state index is 0.0839. The van der Waals surface area contributed by atoms with Crippen molar-refractivity contribution < 1.29 is 4.79 Å². The van der Waals surface area contributed by atoms with Crippen LogP contribution in [0.5, 0.6) is 0 Å². The third kappa shape index (κ3) is 1.73. The zero-order valence-electron chi connectivity index (χ0n) is 11.2. The van der Waals surface area contributed by atoms with Crippen LogP contribution in [-0.4, -0.2) is 15.5 Å². The molecule has 0 aliphatic rings. The van der Waals surface area contributed by atoms with Crippen molar-refractivity contribution >= 4 is 33.4 Å². The Morgan fingerprint density at radius 2 is 1.95 bits per heavy atom. The number of rotatable bonds is 1. The molecule has 0 fully saturated rings. The molecule has 0 bridgehead atoms. The average molecular weight is 275 g/mol. The maximum atomic E-state index is 12.7. The van der Waals surface area contributed by atoms with E-state index in [0.29, 0.717) is 11.3 Å². The number of carbonyl (C=O) groups excluding carboxylic acids is 1. The average Bonchev–Trinajstić information content (AvgIpc) is 3.13. The Hall–Kier alpha value is -3.01. The molecule has 0 atom stereocenters. The number of nitrogens with one attached hydrogen (secondary N) is 1. The van der Waals surface area contributed by atoms with Crippen LogP contribution in [0.3, 0.4) is 0 Å². The number of nitrogens with zero attached hydrogens (tertiary/aromatic N) is 1. The number of aromatic nitrogens is 2. The van der Waals surface area contributed by atoms with E-state index in [2.05, 4.69) is 4.98 Å². The standard InChI is InChI=1S/C17H13N3O/c18-14-3-1-2-12-7-9-20(16(12)14)17(21)13-5-4-11-6-8-19-15(11)10-13/h1-10,19H,18H2. The highest BCUT2D eigenvalue weighted by Gasteiger charge is 2.13. The molecule has 0 saturated heterocycles. The van der Waals surface area contributed by atoms with Crippen LogP contribution in [0.1, 0.15) is 10.4 Å². The highest BCUT2D eigenvalue weighted by Crippen LogP contribution is 2.24. The Balaban J connectivity index is 1.89. The number of aromatic amines is 1. The lowest BCUT2D eigenvalue weighted by atomic mass is 10.1. The summed E-state index contributed by atoms with van der Waals surface area (Å²) >= 11 is 0. The minimum atomic E-state index is -0.0839. The number of fused-ring (bicyclic) bond motifs is 2. The van der Waals surface area contributed by atoms with Gasteiger partial charge < -0.3 is 10.7 Å². The zero-order valence-corrected chi connectivity index (χ0v) is 11.2. The van der Waals surface area contributed by atoms with E-state index >= 15 is 0 Å². The molecule has 3 N–H and O–H groups in total. The smallest absolute Gasteiger partial charge is 0.262 e. The van der Waals surface area contributed by atoms with Gasteiger partial charge in [-0.2, -0.15) is 0 Å². The van der Waals surface area contributed by atoms with Crippen LogP contribution in [0.25, 0.3) is 21.8 Å². The van der Waals surface area contributed by atoms with Gasteiger partial charge in [-0.05, 0) is 35.7 Å². The molecule has 102 valence electrons. The van der Waals surface area contributed by atoms with Gasteiger partial charge in [0.25, 0.3) is 5.91 Å². The number of anilines is 1. The van der Waals surface area contributed by atoms with E-state index in [0.717, 1.165) is 21.8 Å². The van der Waals surface area contributed by atoms with Crippen molar-refractivity contribution in [3.63, 3.8) is 0 Å². The molecule has 0 amide bonds. The number of para-hydroxylation sites is 1. The molecule has 0 radical (unpaired) electrons. The summed E-state index contributed by atoms with van der Waals surface area (Å²) in [6.07, 6.45) is 3.63. The molecule has 0 aliphatic carbocycles. The molecule has 4 rings (SSSR count). The summed E-state index contributed by atoms with van der Waals surface area (Å²) in [4.78, 5) is 15.9. The first-order chi connectivity index (χ1) is 10.2. The van der Waals surface area contributed by atoms with E-state index in [4.69, 9.17) is 5.73 Å². The fourth-order valence-corrected chi connectivity index (χ4v) is 2.71. The third-order valence-electron chi connectivity index (χ3n) is 3.76. The summed E-state index contributed by atoms with van der Waals surface area (Å²) in [5, 5.41) is 2.05. The second-order valence-corrected chi connectivity index (χ2v) is 5.06. The molecular weight excluding hydrogens is 262 g/mol. The van der Waals surface area contributed by atoms with Gasteiger partial charge >= 0.3 is 0 Å². The van der Waals surface area contributed by atoms with Gasteiger partial charge in [-0.25, -0.2) is 0 Å². The number of hydrogen-bond acceptors (Lipinski definition) is 2. The third-order valence-corrected chi connectivity index (χ3v) is 3.76. The number of carbonyl (C=O) groups is 1. The molecule has 4 aromatic rings. The molecule has 0 unspecified atom stereocenters. The molecule has 0 spiro atoms. The summed E-state index contributed by atoms with van der Waals surface area (Å²) in [6, 6.07) is 15.2. The van der Waals surface area contributed by atoms with Crippen LogP contribution in [0, 0.1) is 0 Å². The number of hydrogen-bond donors (Lipinski definition) is 2. The van der Waals surface area contributed by atoms with E-state index in [1.165, 1.54) is 0 Å². The largest absolute Gasteiger partial charge is 0.397 e. The van der Waals surface area contributed by atoms with Crippen molar-refractivity contribution in [2.45, 2.75) is 0 Å². The molecule has 21 heavy (non-hydrogen) atoms. The molecule has 2 aromatic carbocycles. The van der Waals surface area contributed by atoms with E-state index in [1.807, 2.05) is 48.7 Å². The SMILES string of the molecule is Nc1cccc2ccn(C(=O)c3ccc4cc[nH]c4c3)c12. The quantitative estimate of drug-likeness (QED) is 0.523. The van der Waals surface area contributed by atoms with Gasteiger partial charge in [-0.3, -0.25) is 9.36 Å². The van der Waals surface area contributed by atoms with Gasteiger partial charge in [0.05, 0.1) is 11.2 Å². The van der Waals surface area contributed by atoms with Crippen molar-refractivity contribution in [1.82, 2.24) is 9.55 Å². The number of H-pyrrole nitrogens is 1. The first kappa shape index (κ1) is 11.8. The second kappa shape index (κ2) is 4.24. The molecular formula is C17H13N3O. The lowest BCUT2D eigenvalue weighted by molar-refractivity contribution is 0.0965. The van der Waals surface area contributed by atoms with E-state index in [1.54, 1.807) is 16.8 Å². The Kier molecular flexibility index (Phi) is 2.38. The van der Waals surface area contributed by atoms with Crippen molar-refractivity contribution in [1.29, 1.82) is 0 Å². The van der Waals surface area contributed by atoms with Crippen LogP contribution in [0.15, 0.2) is 60.9 Å². The maximum absolute atomic E-state index is 12.7. The molecule has 2 heterocycles. The summed E-state index contributed by atoms with van der Waals surface area (Å²) in [6.45, 7) is 0. The van der Waals surface area contributed by atoms with E-state index < -0.39 is 0 Å². The van der Waals surface area contributed by atoms with Crippen molar-refractivity contribution in [3.05, 3.63) is 66.5 Å². The molecule has 0 saturated carbocycles. The molecule has 2 aromatic heterocycles. The van der Waals surface area contributed by atoms with Gasteiger partial charge in [0, 0.05) is 28.9 Å². The predicted molar refractivity (Wildman–Crippen MR) is 84.4 cm³/mol. The molecule has 4 nitrogen and oxygen atoms in total. The Morgan fingerprint density at radius 3 is 2.86 bits per heavy atom. The monoisotopic (exact) mass is 275 g/mol. The first-order valence-corrected chi connectivity index (χ1v) is 6.71. The van der Waals surface area contributed by atoms with Gasteiger partial charge in [-0.15, -0.1) is 0 Å². The molecule has 4 heteroatoms. The lowest BCUT2D eigenvalue weighted by Crippen LogP contribution is -2.11. The maximum Gasteiger partial charge on any atom is 0.262 e. The fourth-order valence-electron chi connectivity index (χ4n) is 2.71. The Morgan fingerprint density at radius 1 is 1.05 bits per heavy atom. The van der Waals surface area contributed by atoms with Crippen LogP contribution in [0.2, 0.25) is 0 Å². The van der Waals surface area contributed by atoms with Crippen LogP contribution >= 0.6 is 0 Å². The van der Waals surface area contributed by atoms with Gasteiger partial charge in [0.15, 0.2) is 0 Å². The van der Waals surface area contributed by atoms with Gasteiger partial charge in [0.2, 0.25) is 0 Å². The number of nitrogen functional groups attached to an aromatic ring is 1. The first-order valence-electron chi connectivity index (χ1n) is 6.71. The Bertz CT molecular complexity index is 978. The van der Waals surface area contributed by atoms with E-state index in [9.17, 15) is 4.79 Å². The minimum Gasteiger partial charge on any atom is -0.397 e. The normalized spacial score (nSPS) is 11.2. The molecule has 0 aliphatic heterocycles. The number of nitrogens with two attached hydrogens (primary N) is 1. The van der Waals surface area contributed by atoms with Gasteiger partial charge in [-0.1, -0.05) is 18.2 Å². The Labute approximate surface area is 120 Å². The van der Waals surface area contributed by atoms with Crippen molar-refractivity contribution in [3.8, 4) is 0 Å². The number of benzene rings is 2. The predicted octanol–water partition coefficient (Wildman–Crippen LogP) is 3.39. The van der Waals surface area contributed by atoms with Crippen molar-refractivity contribution in [2.24, 2.45) is 0 Å². The van der Waals surface area contributed by atoms with E-state index in [-0.39, 0.29) is 5.91 Å². The zero-order chi connectivity index (χ0) is 14.4. The fraction of sp³-hybridized carbons (Fsp3) is 0. The lowest BCUT2D eigenvalue weighted by Gasteiger charge is -2.06. The second-order valence-electron chi connectivity index (χ2n) is 5.06. The highest BCUT2D eigenvalue weighted by atomic mass is 16.2. The summed E-state index contributed by atoms with van der Waals surface area (Å²) < 4.78 is 1.61. The highest BCUT2D eigenvalue weighted by molar-refractivity contribution is 6.06. The summed E-state index contributed by atoms with van der Waals surface area (Å²) in [5.41, 5.74) is 8.95. The summed E-state index contributed by atoms with van der Waals surface area (Å²) in [5.74, 6) is -0.0839. The van der Waals surface area contributed by atoms with Crippen LogP contribution in [0.4, 0.5) is 5.69 Å². The van der Waals surface area contributed by atoms with Gasteiger partial charge in [0.1, 0.15) is 0 Å². The topological polar surface area (TPSA) is 63.8 Å². The van der Waals surface area contributed by atoms with Crippen LogP contribution in [-0.2, 0) is 0 Å². The van der Waals surface area contributed by atoms with Crippen LogP contribution < -0.4 is 5.73 Å². The van der Waals surface area contributed by atoms with Crippen molar-refractivity contribution in [2.75, 3.05) is 5.73 Å². The summed E-state index contributed by atoms with van der Waals surface area (Å²) in [7, 11) is 0.